The van der Waals surface area contributed by atoms with Crippen LogP contribution >= 0.6 is 0 Å². The molecule has 0 aliphatic carbocycles. The minimum Gasteiger partial charge on any atom is -0.453 e. The Morgan fingerprint density at radius 3 is 2.31 bits per heavy atom. The second kappa shape index (κ2) is 18.1. The van der Waals surface area contributed by atoms with Crippen LogP contribution in [0.2, 0.25) is 0 Å². The summed E-state index contributed by atoms with van der Waals surface area (Å²) in [6, 6.07) is 14.2. The molecule has 55 heavy (non-hydrogen) atoms. The molecule has 2 aliphatic rings. The molecule has 2 aromatic carbocycles. The lowest BCUT2D eigenvalue weighted by Crippen LogP contribution is -2.59. The van der Waals surface area contributed by atoms with Crippen molar-refractivity contribution in [3.05, 3.63) is 84.2 Å². The number of rotatable bonds is 14. The first-order chi connectivity index (χ1) is 26.1. The highest BCUT2D eigenvalue weighted by Gasteiger charge is 2.44. The SMILES string of the molecule is COC(=O)N[C@H](C(=O)N[C@@H](Cc1ccc(-c2cccnc2)cc1)[C@@H](O)CN(Cc1ccc(OC(F)(F)F)cc1)NC(=O)O[C@H]1CO[C@H]2OCC[C@H]21)C(C)(C)C. The highest BCUT2D eigenvalue weighted by atomic mass is 19.4. The van der Waals surface area contributed by atoms with Crippen molar-refractivity contribution in [1.82, 2.24) is 26.1 Å². The van der Waals surface area contributed by atoms with E-state index >= 15 is 0 Å². The number of carbonyl (C=O) groups excluding carboxylic acids is 3. The van der Waals surface area contributed by atoms with Gasteiger partial charge in [0, 0.05) is 25.5 Å². The maximum absolute atomic E-state index is 13.8. The van der Waals surface area contributed by atoms with Gasteiger partial charge in [-0.05, 0) is 58.7 Å². The normalized spacial score (nSPS) is 19.8. The molecule has 6 atom stereocenters. The number of hydrogen-bond donors (Lipinski definition) is 4. The van der Waals surface area contributed by atoms with Crippen molar-refractivity contribution in [3.63, 3.8) is 0 Å². The van der Waals surface area contributed by atoms with Gasteiger partial charge in [-0.15, -0.1) is 13.2 Å². The number of nitrogens with one attached hydrogen (secondary N) is 3. The van der Waals surface area contributed by atoms with E-state index < -0.39 is 66.2 Å². The predicted octanol–water partition coefficient (Wildman–Crippen LogP) is 4.71. The van der Waals surface area contributed by atoms with E-state index in [0.717, 1.165) is 28.8 Å². The molecule has 0 spiro atoms. The molecule has 14 nitrogen and oxygen atoms in total. The van der Waals surface area contributed by atoms with Crippen molar-refractivity contribution in [2.75, 3.05) is 26.9 Å². The van der Waals surface area contributed by atoms with Crippen LogP contribution < -0.4 is 20.8 Å². The van der Waals surface area contributed by atoms with Gasteiger partial charge >= 0.3 is 18.5 Å². The molecule has 298 valence electrons. The summed E-state index contributed by atoms with van der Waals surface area (Å²) < 4.78 is 63.9. The van der Waals surface area contributed by atoms with Crippen molar-refractivity contribution >= 4 is 18.1 Å². The number of benzene rings is 2. The third-order valence-electron chi connectivity index (χ3n) is 9.20. The number of hydrogen-bond acceptors (Lipinski definition) is 11. The number of amides is 3. The fourth-order valence-electron chi connectivity index (χ4n) is 6.38. The summed E-state index contributed by atoms with van der Waals surface area (Å²) in [5.74, 6) is -1.18. The van der Waals surface area contributed by atoms with Crippen LogP contribution in [0, 0.1) is 11.3 Å². The van der Waals surface area contributed by atoms with Gasteiger partial charge in [0.1, 0.15) is 17.9 Å². The number of carbonyl (C=O) groups is 3. The zero-order valence-electron chi connectivity index (χ0n) is 30.9. The van der Waals surface area contributed by atoms with Crippen LogP contribution in [0.15, 0.2) is 73.1 Å². The highest BCUT2D eigenvalue weighted by molar-refractivity contribution is 5.86. The molecule has 0 radical (unpaired) electrons. The first kappa shape index (κ1) is 41.2. The number of aliphatic hydroxyl groups excluding tert-OH is 1. The number of alkyl carbamates (subject to hydrolysis) is 1. The van der Waals surface area contributed by atoms with Crippen LogP contribution in [-0.2, 0) is 36.7 Å². The van der Waals surface area contributed by atoms with Crippen LogP contribution in [0.3, 0.4) is 0 Å². The van der Waals surface area contributed by atoms with Gasteiger partial charge in [0.05, 0.1) is 38.4 Å². The van der Waals surface area contributed by atoms with E-state index in [4.69, 9.17) is 18.9 Å². The van der Waals surface area contributed by atoms with E-state index in [0.29, 0.717) is 18.6 Å². The van der Waals surface area contributed by atoms with Crippen LogP contribution in [0.1, 0.15) is 38.3 Å². The quantitative estimate of drug-likeness (QED) is 0.168. The van der Waals surface area contributed by atoms with E-state index in [9.17, 15) is 32.7 Å². The predicted molar refractivity (Wildman–Crippen MR) is 191 cm³/mol. The molecule has 0 unspecified atom stereocenters. The second-order valence-electron chi connectivity index (χ2n) is 14.4. The Morgan fingerprint density at radius 1 is 0.964 bits per heavy atom. The minimum absolute atomic E-state index is 0.0935. The van der Waals surface area contributed by atoms with E-state index in [1.54, 1.807) is 33.2 Å². The van der Waals surface area contributed by atoms with Gasteiger partial charge in [-0.3, -0.25) is 15.2 Å². The number of nitrogens with zero attached hydrogens (tertiary/aromatic N) is 2. The lowest BCUT2D eigenvalue weighted by Gasteiger charge is -2.34. The molecular weight excluding hydrogens is 727 g/mol. The molecule has 2 fully saturated rings. The molecule has 0 saturated carbocycles. The molecule has 3 amide bonds. The molecule has 3 aromatic rings. The average Bonchev–Trinajstić information content (AvgIpc) is 3.75. The summed E-state index contributed by atoms with van der Waals surface area (Å²) in [6.07, 6.45) is -4.81. The van der Waals surface area contributed by atoms with Crippen LogP contribution in [0.25, 0.3) is 11.1 Å². The Morgan fingerprint density at radius 2 is 1.67 bits per heavy atom. The molecule has 3 heterocycles. The van der Waals surface area contributed by atoms with Crippen molar-refractivity contribution in [2.24, 2.45) is 11.3 Å². The second-order valence-corrected chi connectivity index (χ2v) is 14.4. The zero-order valence-corrected chi connectivity index (χ0v) is 30.9. The fourth-order valence-corrected chi connectivity index (χ4v) is 6.38. The number of halogens is 3. The van der Waals surface area contributed by atoms with Gasteiger partial charge in [-0.1, -0.05) is 63.2 Å². The summed E-state index contributed by atoms with van der Waals surface area (Å²) in [6.45, 7) is 5.50. The summed E-state index contributed by atoms with van der Waals surface area (Å²) in [7, 11) is 1.18. The molecule has 17 heteroatoms. The fraction of sp³-hybridized carbons (Fsp3) is 0.474. The van der Waals surface area contributed by atoms with Crippen LogP contribution in [0.5, 0.6) is 5.75 Å². The summed E-state index contributed by atoms with van der Waals surface area (Å²) >= 11 is 0. The summed E-state index contributed by atoms with van der Waals surface area (Å²) in [5, 5.41) is 18.6. The van der Waals surface area contributed by atoms with Gasteiger partial charge in [-0.2, -0.15) is 0 Å². The topological polar surface area (TPSA) is 170 Å². The van der Waals surface area contributed by atoms with Gasteiger partial charge < -0.3 is 39.4 Å². The van der Waals surface area contributed by atoms with Crippen LogP contribution in [-0.4, -0.2) is 97.0 Å². The molecule has 0 bridgehead atoms. The minimum atomic E-state index is -4.88. The number of alkyl halides is 3. The molecule has 1 aromatic heterocycles. The Balaban J connectivity index is 1.38. The summed E-state index contributed by atoms with van der Waals surface area (Å²) in [4.78, 5) is 43.5. The number of methoxy groups -OCH3 is 1. The van der Waals surface area contributed by atoms with E-state index in [1.807, 2.05) is 36.4 Å². The standard InChI is InChI=1S/C38H46F3N5O9/c1-37(2,3)32(44-35(49)51-4)33(48)43-29(18-23-7-11-25(12-8-23)26-6-5-16-42-19-26)30(47)21-46(20-24-9-13-27(14-10-24)55-38(39,40)41)45-36(50)54-31-22-53-34-28(31)15-17-52-34/h5-14,16,19,28-32,34,47H,15,17-18,20-22H2,1-4H3,(H,43,48)(H,44,49)(H,45,50)/t28-,29-,30-,31-,32+,34+/m0/s1. The average molecular weight is 774 g/mol. The number of aliphatic hydroxyl groups is 1. The van der Waals surface area contributed by atoms with E-state index in [1.165, 1.54) is 24.3 Å². The third-order valence-corrected chi connectivity index (χ3v) is 9.20. The molecule has 2 saturated heterocycles. The van der Waals surface area contributed by atoms with Crippen molar-refractivity contribution in [1.29, 1.82) is 0 Å². The number of aromatic nitrogens is 1. The molecular formula is C38H46F3N5O9. The summed E-state index contributed by atoms with van der Waals surface area (Å²) in [5.41, 5.74) is 4.88. The smallest absolute Gasteiger partial charge is 0.453 e. The first-order valence-corrected chi connectivity index (χ1v) is 17.7. The Kier molecular flexibility index (Phi) is 13.6. The van der Waals surface area contributed by atoms with E-state index in [2.05, 4.69) is 25.8 Å². The van der Waals surface area contributed by atoms with E-state index in [-0.39, 0.29) is 32.0 Å². The van der Waals surface area contributed by atoms with Gasteiger partial charge in [0.15, 0.2) is 6.29 Å². The zero-order chi connectivity index (χ0) is 39.8. The largest absolute Gasteiger partial charge is 0.573 e. The lowest BCUT2D eigenvalue weighted by atomic mass is 9.85. The Bertz CT molecular complexity index is 1730. The van der Waals surface area contributed by atoms with Gasteiger partial charge in [0.25, 0.3) is 0 Å². The lowest BCUT2D eigenvalue weighted by molar-refractivity contribution is -0.274. The van der Waals surface area contributed by atoms with Crippen LogP contribution in [0.4, 0.5) is 22.8 Å². The number of ether oxygens (including phenoxy) is 5. The number of hydrazine groups is 1. The monoisotopic (exact) mass is 773 g/mol. The van der Waals surface area contributed by atoms with Gasteiger partial charge in [0.2, 0.25) is 5.91 Å². The van der Waals surface area contributed by atoms with Crippen molar-refractivity contribution in [2.45, 2.75) is 77.1 Å². The number of pyridine rings is 1. The Hall–Kier alpha value is -4.97. The highest BCUT2D eigenvalue weighted by Crippen LogP contribution is 2.33. The molecule has 5 rings (SSSR count). The Labute approximate surface area is 316 Å². The first-order valence-electron chi connectivity index (χ1n) is 17.7. The van der Waals surface area contributed by atoms with Crippen molar-refractivity contribution < 1.29 is 56.3 Å². The third kappa shape index (κ3) is 12.0. The maximum atomic E-state index is 13.8. The molecule has 2 aliphatic heterocycles. The molecule has 4 N–H and O–H groups in total. The number of fused-ring (bicyclic) bond motifs is 1. The van der Waals surface area contributed by atoms with Gasteiger partial charge in [-0.25, -0.2) is 14.6 Å². The maximum Gasteiger partial charge on any atom is 0.573 e. The van der Waals surface area contributed by atoms with Crippen molar-refractivity contribution in [3.8, 4) is 16.9 Å².